The van der Waals surface area contributed by atoms with Crippen molar-refractivity contribution in [1.29, 1.82) is 0 Å². The van der Waals surface area contributed by atoms with Crippen molar-refractivity contribution >= 4 is 11.8 Å². The van der Waals surface area contributed by atoms with Gasteiger partial charge in [0.1, 0.15) is 12.4 Å². The van der Waals surface area contributed by atoms with Crippen molar-refractivity contribution in [2.45, 2.75) is 39.3 Å². The van der Waals surface area contributed by atoms with Crippen LogP contribution in [-0.2, 0) is 16.1 Å². The summed E-state index contributed by atoms with van der Waals surface area (Å²) < 4.78 is 11.2. The van der Waals surface area contributed by atoms with Gasteiger partial charge in [0.2, 0.25) is 5.91 Å². The summed E-state index contributed by atoms with van der Waals surface area (Å²) in [6.07, 6.45) is 1.44. The first-order valence-electron chi connectivity index (χ1n) is 8.53. The molecule has 1 atom stereocenters. The fourth-order valence-electron chi connectivity index (χ4n) is 3.32. The van der Waals surface area contributed by atoms with E-state index < -0.39 is 11.3 Å². The lowest BCUT2D eigenvalue weighted by molar-refractivity contribution is -0.149. The van der Waals surface area contributed by atoms with Crippen molar-refractivity contribution in [3.63, 3.8) is 0 Å². The molecule has 1 aromatic carbocycles. The second kappa shape index (κ2) is 7.01. The number of hydrogen-bond donors (Lipinski definition) is 2. The lowest BCUT2D eigenvalue weighted by Crippen LogP contribution is -2.49. The molecule has 2 aliphatic rings. The number of amides is 2. The average molecular weight is 348 g/mol. The van der Waals surface area contributed by atoms with Gasteiger partial charge in [0.05, 0.1) is 11.5 Å². The number of rotatable bonds is 2. The summed E-state index contributed by atoms with van der Waals surface area (Å²) in [5.74, 6) is 0.101. The topological polar surface area (TPSA) is 88.1 Å². The number of nitrogens with zero attached hydrogens (tertiary/aromatic N) is 1. The number of hydroxylamine groups is 1. The zero-order chi connectivity index (χ0) is 18.0. The summed E-state index contributed by atoms with van der Waals surface area (Å²) in [4.78, 5) is 26.6. The number of fused-ring (bicyclic) bond motifs is 1. The van der Waals surface area contributed by atoms with Gasteiger partial charge in [-0.15, -0.1) is 0 Å². The first kappa shape index (κ1) is 17.7. The lowest BCUT2D eigenvalue weighted by atomic mass is 9.80. The van der Waals surface area contributed by atoms with Crippen molar-refractivity contribution < 1.29 is 24.3 Å². The maximum Gasteiger partial charge on any atom is 0.274 e. The Morgan fingerprint density at radius 2 is 2.04 bits per heavy atom. The van der Waals surface area contributed by atoms with Crippen LogP contribution in [0.2, 0.25) is 0 Å². The van der Waals surface area contributed by atoms with Gasteiger partial charge >= 0.3 is 0 Å². The molecule has 0 bridgehead atoms. The Bertz CT molecular complexity index is 669. The molecule has 0 aromatic heterocycles. The highest BCUT2D eigenvalue weighted by molar-refractivity contribution is 5.93. The minimum absolute atomic E-state index is 0.0744. The summed E-state index contributed by atoms with van der Waals surface area (Å²) in [6.45, 7) is 5.98. The molecule has 25 heavy (non-hydrogen) atoms. The molecule has 0 aliphatic carbocycles. The van der Waals surface area contributed by atoms with E-state index in [4.69, 9.17) is 14.7 Å². The molecule has 2 aliphatic heterocycles. The number of carbonyl (C=O) groups is 2. The van der Waals surface area contributed by atoms with Crippen LogP contribution in [0.15, 0.2) is 18.2 Å². The van der Waals surface area contributed by atoms with Gasteiger partial charge in [-0.3, -0.25) is 14.8 Å². The van der Waals surface area contributed by atoms with Gasteiger partial charge in [-0.25, -0.2) is 5.48 Å². The molecular formula is C18H24N2O5. The zero-order valence-electron chi connectivity index (χ0n) is 14.6. The van der Waals surface area contributed by atoms with Crippen molar-refractivity contribution in [3.05, 3.63) is 29.3 Å². The normalized spacial score (nSPS) is 22.4. The first-order valence-corrected chi connectivity index (χ1v) is 8.53. The number of ether oxygens (including phenoxy) is 2. The predicted octanol–water partition coefficient (Wildman–Crippen LogP) is 1.73. The third-order valence-corrected chi connectivity index (χ3v) is 5.16. The number of benzene rings is 1. The van der Waals surface area contributed by atoms with Crippen LogP contribution in [0.25, 0.3) is 0 Å². The standard InChI is InChI=1S/C18H24N2O5/c1-12-11-25-15-9-13(16(21)19-23)3-4-14(15)10-20(12)17(22)18(2)5-7-24-8-6-18/h3-4,9,12,23H,5-8,10-11H2,1-2H3,(H,19,21). The van der Waals surface area contributed by atoms with E-state index in [2.05, 4.69) is 0 Å². The van der Waals surface area contributed by atoms with Crippen LogP contribution in [0.5, 0.6) is 5.75 Å². The van der Waals surface area contributed by atoms with Crippen LogP contribution in [0.1, 0.15) is 42.6 Å². The molecule has 2 amide bonds. The third-order valence-electron chi connectivity index (χ3n) is 5.16. The molecule has 2 N–H and O–H groups in total. The molecule has 1 aromatic rings. The van der Waals surface area contributed by atoms with Gasteiger partial charge < -0.3 is 14.4 Å². The smallest absolute Gasteiger partial charge is 0.274 e. The molecule has 0 saturated carbocycles. The molecule has 136 valence electrons. The Morgan fingerprint density at radius 1 is 1.32 bits per heavy atom. The largest absolute Gasteiger partial charge is 0.491 e. The molecule has 1 saturated heterocycles. The van der Waals surface area contributed by atoms with E-state index in [1.54, 1.807) is 23.7 Å². The number of carbonyl (C=O) groups excluding carboxylic acids is 2. The quantitative estimate of drug-likeness (QED) is 0.628. The third kappa shape index (κ3) is 3.48. The summed E-state index contributed by atoms with van der Waals surface area (Å²) >= 11 is 0. The minimum atomic E-state index is -0.591. The Hall–Kier alpha value is -2.12. The fourth-order valence-corrected chi connectivity index (χ4v) is 3.32. The summed E-state index contributed by atoms with van der Waals surface area (Å²) in [7, 11) is 0. The number of nitrogens with one attached hydrogen (secondary N) is 1. The van der Waals surface area contributed by atoms with Gasteiger partial charge in [-0.1, -0.05) is 13.0 Å². The zero-order valence-corrected chi connectivity index (χ0v) is 14.6. The van der Waals surface area contributed by atoms with Crippen LogP contribution >= 0.6 is 0 Å². The Kier molecular flexibility index (Phi) is 4.96. The van der Waals surface area contributed by atoms with Crippen LogP contribution in [0.3, 0.4) is 0 Å². The molecule has 1 unspecified atom stereocenters. The molecular weight excluding hydrogens is 324 g/mol. The number of hydrogen-bond acceptors (Lipinski definition) is 5. The fraction of sp³-hybridized carbons (Fsp3) is 0.556. The van der Waals surface area contributed by atoms with Crippen molar-refractivity contribution in [2.24, 2.45) is 5.41 Å². The second-order valence-electron chi connectivity index (χ2n) is 7.03. The molecule has 1 fully saturated rings. The van der Waals surface area contributed by atoms with E-state index in [9.17, 15) is 9.59 Å². The predicted molar refractivity (Wildman–Crippen MR) is 89.4 cm³/mol. The minimum Gasteiger partial charge on any atom is -0.491 e. The second-order valence-corrected chi connectivity index (χ2v) is 7.03. The maximum atomic E-state index is 13.2. The lowest BCUT2D eigenvalue weighted by Gasteiger charge is -2.38. The molecule has 0 radical (unpaired) electrons. The van der Waals surface area contributed by atoms with Crippen LogP contribution in [-0.4, -0.2) is 47.8 Å². The van der Waals surface area contributed by atoms with E-state index in [-0.39, 0.29) is 11.9 Å². The van der Waals surface area contributed by atoms with Gasteiger partial charge in [0.15, 0.2) is 0 Å². The van der Waals surface area contributed by atoms with E-state index in [1.165, 1.54) is 0 Å². The van der Waals surface area contributed by atoms with Crippen molar-refractivity contribution in [1.82, 2.24) is 10.4 Å². The van der Waals surface area contributed by atoms with Gasteiger partial charge in [-0.2, -0.15) is 0 Å². The summed E-state index contributed by atoms with van der Waals surface area (Å²) in [5, 5.41) is 8.77. The summed E-state index contributed by atoms with van der Waals surface area (Å²) in [6, 6.07) is 4.90. The van der Waals surface area contributed by atoms with Gasteiger partial charge in [0, 0.05) is 30.9 Å². The highest BCUT2D eigenvalue weighted by atomic mass is 16.5. The molecule has 7 heteroatoms. The molecule has 0 spiro atoms. The summed E-state index contributed by atoms with van der Waals surface area (Å²) in [5.41, 5.74) is 2.37. The Labute approximate surface area is 146 Å². The van der Waals surface area contributed by atoms with Gasteiger partial charge in [-0.05, 0) is 31.9 Å². The average Bonchev–Trinajstić information content (AvgIpc) is 2.79. The molecule has 3 rings (SSSR count). The van der Waals surface area contributed by atoms with Gasteiger partial charge in [0.25, 0.3) is 5.91 Å². The van der Waals surface area contributed by atoms with E-state index in [1.807, 2.05) is 18.7 Å². The van der Waals surface area contributed by atoms with Crippen LogP contribution < -0.4 is 10.2 Å². The Balaban J connectivity index is 1.85. The first-order chi connectivity index (χ1) is 11.9. The van der Waals surface area contributed by atoms with E-state index in [0.717, 1.165) is 18.4 Å². The van der Waals surface area contributed by atoms with Crippen LogP contribution in [0, 0.1) is 5.41 Å². The highest BCUT2D eigenvalue weighted by Gasteiger charge is 2.40. The van der Waals surface area contributed by atoms with Crippen molar-refractivity contribution in [2.75, 3.05) is 19.8 Å². The van der Waals surface area contributed by atoms with Crippen molar-refractivity contribution in [3.8, 4) is 5.75 Å². The van der Waals surface area contributed by atoms with Crippen LogP contribution in [0.4, 0.5) is 0 Å². The monoisotopic (exact) mass is 348 g/mol. The van der Waals surface area contributed by atoms with E-state index in [0.29, 0.717) is 37.7 Å². The highest BCUT2D eigenvalue weighted by Crippen LogP contribution is 2.35. The molecule has 2 heterocycles. The maximum absolute atomic E-state index is 13.2. The Morgan fingerprint density at radius 3 is 2.72 bits per heavy atom. The SMILES string of the molecule is CC1COc2cc(C(=O)NO)ccc2CN1C(=O)C1(C)CCOCC1. The molecule has 7 nitrogen and oxygen atoms in total. The van der Waals surface area contributed by atoms with E-state index >= 15 is 0 Å².